The maximum atomic E-state index is 6.36. The van der Waals surface area contributed by atoms with Gasteiger partial charge in [0.1, 0.15) is 0 Å². The van der Waals surface area contributed by atoms with Crippen LogP contribution in [0.3, 0.4) is 0 Å². The molecule has 0 heterocycles. The van der Waals surface area contributed by atoms with Crippen molar-refractivity contribution in [3.63, 3.8) is 0 Å². The molecule has 0 saturated carbocycles. The molecule has 20 heavy (non-hydrogen) atoms. The van der Waals surface area contributed by atoms with Gasteiger partial charge in [0.05, 0.1) is 0 Å². The predicted octanol–water partition coefficient (Wildman–Crippen LogP) is 5.80. The van der Waals surface area contributed by atoms with Crippen molar-refractivity contribution in [2.24, 2.45) is 0 Å². The molecule has 1 heteroatoms. The van der Waals surface area contributed by atoms with Gasteiger partial charge in [0, 0.05) is 15.8 Å². The van der Waals surface area contributed by atoms with Gasteiger partial charge in [-0.2, -0.15) is 0 Å². The minimum atomic E-state index is 0.0239. The number of halogens is 1. The third kappa shape index (κ3) is 1.38. The van der Waals surface area contributed by atoms with Crippen LogP contribution < -0.4 is 0 Å². The molecule has 0 radical (unpaired) electrons. The molecule has 0 amide bonds. The lowest BCUT2D eigenvalue weighted by molar-refractivity contribution is 0.666. The minimum Gasteiger partial charge on any atom is -0.0837 e. The topological polar surface area (TPSA) is 0 Å². The Hall–Kier alpha value is -1.79. The van der Waals surface area contributed by atoms with Crippen LogP contribution >= 0.6 is 11.6 Å². The van der Waals surface area contributed by atoms with Crippen molar-refractivity contribution in [2.45, 2.75) is 19.3 Å². The molecule has 1 aliphatic carbocycles. The lowest BCUT2D eigenvalue weighted by Gasteiger charge is -2.23. The molecule has 3 aromatic rings. The fourth-order valence-electron chi connectivity index (χ4n) is 3.61. The van der Waals surface area contributed by atoms with E-state index in [1.165, 1.54) is 27.6 Å². The van der Waals surface area contributed by atoms with Gasteiger partial charge in [0.15, 0.2) is 0 Å². The van der Waals surface area contributed by atoms with Crippen LogP contribution in [0.1, 0.15) is 25.0 Å². The highest BCUT2D eigenvalue weighted by Crippen LogP contribution is 2.51. The molecule has 0 nitrogen and oxygen atoms in total. The summed E-state index contributed by atoms with van der Waals surface area (Å²) in [5, 5.41) is 3.25. The molecular formula is C19H15Cl. The Bertz CT molecular complexity index is 844. The van der Waals surface area contributed by atoms with E-state index in [2.05, 4.69) is 56.3 Å². The summed E-state index contributed by atoms with van der Waals surface area (Å²) < 4.78 is 0. The quantitative estimate of drug-likeness (QED) is 0.487. The summed E-state index contributed by atoms with van der Waals surface area (Å²) in [7, 11) is 0. The molecule has 0 saturated heterocycles. The second-order valence-electron chi connectivity index (χ2n) is 5.99. The van der Waals surface area contributed by atoms with Gasteiger partial charge in [0.2, 0.25) is 0 Å². The zero-order chi connectivity index (χ0) is 13.9. The van der Waals surface area contributed by atoms with Crippen molar-refractivity contribution in [1.82, 2.24) is 0 Å². The van der Waals surface area contributed by atoms with Crippen LogP contribution in [0.25, 0.3) is 21.9 Å². The number of rotatable bonds is 0. The number of fused-ring (bicyclic) bond motifs is 5. The first-order valence-corrected chi connectivity index (χ1v) is 7.30. The van der Waals surface area contributed by atoms with Crippen LogP contribution in [0.5, 0.6) is 0 Å². The van der Waals surface area contributed by atoms with Gasteiger partial charge in [-0.1, -0.05) is 74.0 Å². The van der Waals surface area contributed by atoms with Gasteiger partial charge in [-0.05, 0) is 33.7 Å². The molecule has 0 spiro atoms. The molecular weight excluding hydrogens is 264 g/mol. The highest BCUT2D eigenvalue weighted by molar-refractivity contribution is 6.35. The second kappa shape index (κ2) is 3.86. The molecule has 4 rings (SSSR count). The van der Waals surface area contributed by atoms with E-state index in [0.29, 0.717) is 0 Å². The van der Waals surface area contributed by atoms with Crippen molar-refractivity contribution in [3.8, 4) is 11.1 Å². The maximum absolute atomic E-state index is 6.36. The Kier molecular flexibility index (Phi) is 2.32. The van der Waals surface area contributed by atoms with Gasteiger partial charge in [-0.3, -0.25) is 0 Å². The summed E-state index contributed by atoms with van der Waals surface area (Å²) in [6.07, 6.45) is 0. The van der Waals surface area contributed by atoms with E-state index in [0.717, 1.165) is 10.4 Å². The van der Waals surface area contributed by atoms with Crippen LogP contribution in [0.15, 0.2) is 54.6 Å². The number of hydrogen-bond donors (Lipinski definition) is 0. The zero-order valence-electron chi connectivity index (χ0n) is 11.6. The Labute approximate surface area is 124 Å². The van der Waals surface area contributed by atoms with E-state index < -0.39 is 0 Å². The summed E-state index contributed by atoms with van der Waals surface area (Å²) in [6, 6.07) is 19.3. The third-order valence-corrected chi connectivity index (χ3v) is 4.85. The Morgan fingerprint density at radius 2 is 1.55 bits per heavy atom. The van der Waals surface area contributed by atoms with Crippen molar-refractivity contribution in [1.29, 1.82) is 0 Å². The van der Waals surface area contributed by atoms with Crippen molar-refractivity contribution < 1.29 is 0 Å². The summed E-state index contributed by atoms with van der Waals surface area (Å²) in [5.41, 5.74) is 5.53. The average molecular weight is 279 g/mol. The fourth-order valence-corrected chi connectivity index (χ4v) is 3.85. The SMILES string of the molecule is CC1(C)c2ccccc2-c2ccc3c(Cl)cccc3c21. The average Bonchev–Trinajstić information content (AvgIpc) is 2.69. The van der Waals surface area contributed by atoms with E-state index >= 15 is 0 Å². The van der Waals surface area contributed by atoms with Gasteiger partial charge >= 0.3 is 0 Å². The first kappa shape index (κ1) is 12.0. The van der Waals surface area contributed by atoms with Crippen molar-refractivity contribution >= 4 is 22.4 Å². The number of hydrogen-bond acceptors (Lipinski definition) is 0. The maximum Gasteiger partial charge on any atom is 0.0484 e. The molecule has 0 bridgehead atoms. The number of benzene rings is 3. The minimum absolute atomic E-state index is 0.0239. The summed E-state index contributed by atoms with van der Waals surface area (Å²) >= 11 is 6.36. The van der Waals surface area contributed by atoms with Crippen LogP contribution in [-0.4, -0.2) is 0 Å². The predicted molar refractivity (Wildman–Crippen MR) is 86.5 cm³/mol. The summed E-state index contributed by atoms with van der Waals surface area (Å²) in [4.78, 5) is 0. The van der Waals surface area contributed by atoms with E-state index in [1.807, 2.05) is 12.1 Å². The van der Waals surface area contributed by atoms with Gasteiger partial charge in [-0.25, -0.2) is 0 Å². The van der Waals surface area contributed by atoms with Crippen LogP contribution in [-0.2, 0) is 5.41 Å². The standard InChI is InChI=1S/C19H15Cl/c1-19(2)16-8-4-3-6-12(16)15-11-10-13-14(18(15)19)7-5-9-17(13)20/h3-11H,1-2H3. The van der Waals surface area contributed by atoms with E-state index in [4.69, 9.17) is 11.6 Å². The molecule has 98 valence electrons. The fraction of sp³-hybridized carbons (Fsp3) is 0.158. The highest BCUT2D eigenvalue weighted by atomic mass is 35.5. The Balaban J connectivity index is 2.20. The monoisotopic (exact) mass is 278 g/mol. The molecule has 0 N–H and O–H groups in total. The molecule has 0 fully saturated rings. The highest BCUT2D eigenvalue weighted by Gasteiger charge is 2.36. The van der Waals surface area contributed by atoms with Gasteiger partial charge in [0.25, 0.3) is 0 Å². The van der Waals surface area contributed by atoms with Crippen LogP contribution in [0.2, 0.25) is 5.02 Å². The molecule has 0 aliphatic heterocycles. The zero-order valence-corrected chi connectivity index (χ0v) is 12.3. The van der Waals surface area contributed by atoms with Crippen LogP contribution in [0.4, 0.5) is 0 Å². The molecule has 0 atom stereocenters. The van der Waals surface area contributed by atoms with Gasteiger partial charge in [-0.15, -0.1) is 0 Å². The molecule has 0 aromatic heterocycles. The molecule has 0 unspecified atom stereocenters. The normalized spacial score (nSPS) is 15.2. The lowest BCUT2D eigenvalue weighted by Crippen LogP contribution is -2.15. The van der Waals surface area contributed by atoms with E-state index in [-0.39, 0.29) is 5.41 Å². The Morgan fingerprint density at radius 3 is 2.40 bits per heavy atom. The summed E-state index contributed by atoms with van der Waals surface area (Å²) in [6.45, 7) is 4.61. The molecule has 3 aromatic carbocycles. The van der Waals surface area contributed by atoms with Crippen molar-refractivity contribution in [3.05, 3.63) is 70.7 Å². The smallest absolute Gasteiger partial charge is 0.0484 e. The second-order valence-corrected chi connectivity index (χ2v) is 6.40. The third-order valence-electron chi connectivity index (χ3n) is 4.52. The lowest BCUT2D eigenvalue weighted by atomic mass is 9.80. The Morgan fingerprint density at radius 1 is 0.750 bits per heavy atom. The first-order chi connectivity index (χ1) is 9.60. The van der Waals surface area contributed by atoms with E-state index in [9.17, 15) is 0 Å². The van der Waals surface area contributed by atoms with E-state index in [1.54, 1.807) is 0 Å². The first-order valence-electron chi connectivity index (χ1n) is 6.92. The summed E-state index contributed by atoms with van der Waals surface area (Å²) in [5.74, 6) is 0. The van der Waals surface area contributed by atoms with Crippen molar-refractivity contribution in [2.75, 3.05) is 0 Å². The largest absolute Gasteiger partial charge is 0.0837 e. The van der Waals surface area contributed by atoms with Gasteiger partial charge < -0.3 is 0 Å². The van der Waals surface area contributed by atoms with Crippen LogP contribution in [0, 0.1) is 0 Å². The molecule has 1 aliphatic rings.